The van der Waals surface area contributed by atoms with E-state index in [4.69, 9.17) is 4.74 Å². The van der Waals surface area contributed by atoms with Crippen LogP contribution in [-0.4, -0.2) is 18.7 Å². The molecular weight excluding hydrogens is 284 g/mol. The molecule has 0 aliphatic carbocycles. The Hall–Kier alpha value is -2.14. The first-order chi connectivity index (χ1) is 10.1. The molecule has 21 heavy (non-hydrogen) atoms. The average molecular weight is 302 g/mol. The van der Waals surface area contributed by atoms with Gasteiger partial charge in [0, 0.05) is 4.88 Å². The molecule has 0 unspecified atom stereocenters. The summed E-state index contributed by atoms with van der Waals surface area (Å²) in [6.07, 6.45) is 1.61. The highest BCUT2D eigenvalue weighted by Gasteiger charge is 2.03. The fourth-order valence-corrected chi connectivity index (χ4v) is 2.25. The lowest BCUT2D eigenvalue weighted by molar-refractivity contribution is -0.123. The Bertz CT molecular complexity index is 589. The van der Waals surface area contributed by atoms with Gasteiger partial charge in [-0.05, 0) is 35.1 Å². The zero-order valence-electron chi connectivity index (χ0n) is 12.1. The van der Waals surface area contributed by atoms with Gasteiger partial charge in [0.05, 0.1) is 6.21 Å². The first-order valence-electron chi connectivity index (χ1n) is 6.73. The van der Waals surface area contributed by atoms with Crippen molar-refractivity contribution in [3.05, 3.63) is 52.2 Å². The SMILES string of the molecule is CC(C)c1ccc(OCC(=O)N/N=C/c2cccs2)cc1. The van der Waals surface area contributed by atoms with Crippen LogP contribution in [0, 0.1) is 0 Å². The van der Waals surface area contributed by atoms with E-state index >= 15 is 0 Å². The lowest BCUT2D eigenvalue weighted by Gasteiger charge is -2.08. The number of hydrazone groups is 1. The topological polar surface area (TPSA) is 50.7 Å². The van der Waals surface area contributed by atoms with Crippen molar-refractivity contribution in [3.8, 4) is 5.75 Å². The van der Waals surface area contributed by atoms with Gasteiger partial charge in [-0.3, -0.25) is 4.79 Å². The van der Waals surface area contributed by atoms with Gasteiger partial charge < -0.3 is 4.74 Å². The third kappa shape index (κ3) is 5.04. The van der Waals surface area contributed by atoms with Crippen LogP contribution in [0.15, 0.2) is 46.9 Å². The maximum absolute atomic E-state index is 11.6. The van der Waals surface area contributed by atoms with E-state index in [0.29, 0.717) is 11.7 Å². The number of amides is 1. The van der Waals surface area contributed by atoms with Crippen molar-refractivity contribution in [1.82, 2.24) is 5.43 Å². The summed E-state index contributed by atoms with van der Waals surface area (Å²) >= 11 is 1.56. The molecule has 0 radical (unpaired) electrons. The second-order valence-electron chi connectivity index (χ2n) is 4.82. The molecule has 1 aromatic heterocycles. The Morgan fingerprint density at radius 1 is 1.33 bits per heavy atom. The van der Waals surface area contributed by atoms with Crippen LogP contribution in [0.1, 0.15) is 30.2 Å². The van der Waals surface area contributed by atoms with Crippen LogP contribution in [0.25, 0.3) is 0 Å². The van der Waals surface area contributed by atoms with Crippen molar-refractivity contribution in [2.45, 2.75) is 19.8 Å². The molecule has 0 bridgehead atoms. The molecule has 0 atom stereocenters. The Morgan fingerprint density at radius 2 is 2.10 bits per heavy atom. The standard InChI is InChI=1S/C16H18N2O2S/c1-12(2)13-5-7-14(8-6-13)20-11-16(19)18-17-10-15-4-3-9-21-15/h3-10,12H,11H2,1-2H3,(H,18,19)/b17-10+. The van der Waals surface area contributed by atoms with Gasteiger partial charge in [0.25, 0.3) is 5.91 Å². The summed E-state index contributed by atoms with van der Waals surface area (Å²) in [6, 6.07) is 11.6. The highest BCUT2D eigenvalue weighted by atomic mass is 32.1. The normalized spacial score (nSPS) is 11.0. The zero-order chi connectivity index (χ0) is 15.1. The number of rotatable bonds is 6. The Labute approximate surface area is 128 Å². The molecule has 0 aliphatic rings. The van der Waals surface area contributed by atoms with E-state index < -0.39 is 0 Å². The summed E-state index contributed by atoms with van der Waals surface area (Å²) in [5.74, 6) is 0.876. The lowest BCUT2D eigenvalue weighted by Crippen LogP contribution is -2.24. The van der Waals surface area contributed by atoms with Gasteiger partial charge >= 0.3 is 0 Å². The highest BCUT2D eigenvalue weighted by molar-refractivity contribution is 7.11. The number of ether oxygens (including phenoxy) is 1. The minimum Gasteiger partial charge on any atom is -0.484 e. The van der Waals surface area contributed by atoms with Crippen LogP contribution in [0.2, 0.25) is 0 Å². The van der Waals surface area contributed by atoms with Crippen molar-refractivity contribution in [3.63, 3.8) is 0 Å². The summed E-state index contributed by atoms with van der Waals surface area (Å²) in [4.78, 5) is 12.6. The van der Waals surface area contributed by atoms with Gasteiger partial charge in [0.15, 0.2) is 6.61 Å². The number of hydrogen-bond acceptors (Lipinski definition) is 4. The molecule has 1 aromatic carbocycles. The number of carbonyl (C=O) groups excluding carboxylic acids is 1. The number of thiophene rings is 1. The van der Waals surface area contributed by atoms with Crippen molar-refractivity contribution in [2.75, 3.05) is 6.61 Å². The second kappa shape index (κ2) is 7.59. The summed E-state index contributed by atoms with van der Waals surface area (Å²) < 4.78 is 5.41. The molecule has 5 heteroatoms. The quantitative estimate of drug-likeness (QED) is 0.657. The molecule has 0 aliphatic heterocycles. The lowest BCUT2D eigenvalue weighted by atomic mass is 10.0. The molecule has 2 rings (SSSR count). The van der Waals surface area contributed by atoms with Gasteiger partial charge in [-0.25, -0.2) is 5.43 Å². The third-order valence-corrected chi connectivity index (χ3v) is 3.65. The highest BCUT2D eigenvalue weighted by Crippen LogP contribution is 2.18. The number of nitrogens with zero attached hydrogens (tertiary/aromatic N) is 1. The first kappa shape index (κ1) is 15.3. The molecule has 1 amide bonds. The Balaban J connectivity index is 1.76. The third-order valence-electron chi connectivity index (χ3n) is 2.84. The Kier molecular flexibility index (Phi) is 5.51. The number of carbonyl (C=O) groups is 1. The van der Waals surface area contributed by atoms with E-state index in [1.165, 1.54) is 5.56 Å². The number of nitrogens with one attached hydrogen (secondary N) is 1. The average Bonchev–Trinajstić information content (AvgIpc) is 2.99. The zero-order valence-corrected chi connectivity index (χ0v) is 12.9. The molecule has 0 fully saturated rings. The van der Waals surface area contributed by atoms with Crippen LogP contribution in [0.4, 0.5) is 0 Å². The van der Waals surface area contributed by atoms with Crippen LogP contribution in [-0.2, 0) is 4.79 Å². The van der Waals surface area contributed by atoms with Gasteiger partial charge in [-0.2, -0.15) is 5.10 Å². The van der Waals surface area contributed by atoms with E-state index in [1.54, 1.807) is 17.6 Å². The fourth-order valence-electron chi connectivity index (χ4n) is 1.66. The predicted octanol–water partition coefficient (Wildman–Crippen LogP) is 3.40. The molecule has 0 spiro atoms. The van der Waals surface area contributed by atoms with Gasteiger partial charge in [-0.1, -0.05) is 32.0 Å². The molecular formula is C16H18N2O2S. The summed E-state index contributed by atoms with van der Waals surface area (Å²) in [5.41, 5.74) is 3.68. The van der Waals surface area contributed by atoms with E-state index in [1.807, 2.05) is 41.8 Å². The minimum atomic E-state index is -0.282. The van der Waals surface area contributed by atoms with Crippen LogP contribution < -0.4 is 10.2 Å². The minimum absolute atomic E-state index is 0.0528. The first-order valence-corrected chi connectivity index (χ1v) is 7.61. The van der Waals surface area contributed by atoms with Crippen LogP contribution in [0.5, 0.6) is 5.75 Å². The Morgan fingerprint density at radius 3 is 2.71 bits per heavy atom. The summed E-state index contributed by atoms with van der Waals surface area (Å²) in [5, 5.41) is 5.82. The van der Waals surface area contributed by atoms with Crippen molar-refractivity contribution < 1.29 is 9.53 Å². The van der Waals surface area contributed by atoms with Crippen molar-refractivity contribution in [1.29, 1.82) is 0 Å². The molecule has 1 N–H and O–H groups in total. The molecule has 110 valence electrons. The molecule has 0 saturated heterocycles. The second-order valence-corrected chi connectivity index (χ2v) is 5.80. The molecule has 0 saturated carbocycles. The van der Waals surface area contributed by atoms with E-state index in [0.717, 1.165) is 4.88 Å². The maximum Gasteiger partial charge on any atom is 0.277 e. The van der Waals surface area contributed by atoms with Crippen LogP contribution >= 0.6 is 11.3 Å². The van der Waals surface area contributed by atoms with Gasteiger partial charge in [0.1, 0.15) is 5.75 Å². The fraction of sp³-hybridized carbons (Fsp3) is 0.250. The number of hydrogen-bond donors (Lipinski definition) is 1. The predicted molar refractivity (Wildman–Crippen MR) is 86.1 cm³/mol. The van der Waals surface area contributed by atoms with Crippen molar-refractivity contribution >= 4 is 23.5 Å². The van der Waals surface area contributed by atoms with Crippen LogP contribution in [0.3, 0.4) is 0 Å². The van der Waals surface area contributed by atoms with E-state index in [-0.39, 0.29) is 12.5 Å². The van der Waals surface area contributed by atoms with E-state index in [2.05, 4.69) is 24.4 Å². The van der Waals surface area contributed by atoms with Gasteiger partial charge in [0.2, 0.25) is 0 Å². The summed E-state index contributed by atoms with van der Waals surface area (Å²) in [6.45, 7) is 4.21. The monoisotopic (exact) mass is 302 g/mol. The van der Waals surface area contributed by atoms with Gasteiger partial charge in [-0.15, -0.1) is 11.3 Å². The molecule has 2 aromatic rings. The summed E-state index contributed by atoms with van der Waals surface area (Å²) in [7, 11) is 0. The molecule has 4 nitrogen and oxygen atoms in total. The van der Waals surface area contributed by atoms with E-state index in [9.17, 15) is 4.79 Å². The number of benzene rings is 1. The maximum atomic E-state index is 11.6. The molecule has 1 heterocycles. The van der Waals surface area contributed by atoms with Crippen molar-refractivity contribution in [2.24, 2.45) is 5.10 Å². The largest absolute Gasteiger partial charge is 0.484 e. The smallest absolute Gasteiger partial charge is 0.277 e.